The van der Waals surface area contributed by atoms with Crippen LogP contribution in [0.5, 0.6) is 0 Å². The molecular formula is C19H28FN3O3S. The first-order valence-corrected chi connectivity index (χ1v) is 11.2. The smallest absolute Gasteiger partial charge is 0.317 e. The molecule has 1 aromatic rings. The number of nitrogens with zero attached hydrogens (tertiary/aromatic N) is 1. The lowest BCUT2D eigenvalue weighted by Crippen LogP contribution is -2.49. The van der Waals surface area contributed by atoms with E-state index < -0.39 is 10.0 Å². The Morgan fingerprint density at radius 3 is 2.78 bits per heavy atom. The zero-order valence-corrected chi connectivity index (χ0v) is 16.5. The zero-order chi connectivity index (χ0) is 19.4. The molecule has 2 amide bonds. The van der Waals surface area contributed by atoms with E-state index >= 15 is 0 Å². The standard InChI is InChI=1S/C19H28FN3O3S/c1-21-27(25,26)13-14-5-4-10-23(12-14)19(24)22-16-9-8-15(11-16)17-6-2-3-7-18(17)20/h2-3,6-7,14-16,21H,4-5,8-13H2,1H3,(H,22,24). The van der Waals surface area contributed by atoms with Crippen molar-refractivity contribution in [2.24, 2.45) is 5.92 Å². The number of hydrogen-bond acceptors (Lipinski definition) is 3. The molecule has 2 fully saturated rings. The van der Waals surface area contributed by atoms with Crippen molar-refractivity contribution in [2.75, 3.05) is 25.9 Å². The summed E-state index contributed by atoms with van der Waals surface area (Å²) in [5, 5.41) is 3.06. The second-order valence-electron chi connectivity index (χ2n) is 7.62. The molecule has 0 radical (unpaired) electrons. The number of rotatable bonds is 5. The highest BCUT2D eigenvalue weighted by Gasteiger charge is 2.31. The summed E-state index contributed by atoms with van der Waals surface area (Å²) in [6, 6.07) is 6.73. The second-order valence-corrected chi connectivity index (χ2v) is 9.59. The summed E-state index contributed by atoms with van der Waals surface area (Å²) in [4.78, 5) is 14.3. The van der Waals surface area contributed by atoms with E-state index in [1.807, 2.05) is 12.1 Å². The molecule has 1 aromatic carbocycles. The minimum absolute atomic E-state index is 0.0310. The molecule has 3 atom stereocenters. The van der Waals surface area contributed by atoms with E-state index in [1.54, 1.807) is 11.0 Å². The number of nitrogens with one attached hydrogen (secondary N) is 2. The van der Waals surface area contributed by atoms with Crippen molar-refractivity contribution in [2.45, 2.75) is 44.1 Å². The number of piperidine rings is 1. The van der Waals surface area contributed by atoms with Crippen LogP contribution in [0.15, 0.2) is 24.3 Å². The van der Waals surface area contributed by atoms with Gasteiger partial charge in [0.05, 0.1) is 5.75 Å². The van der Waals surface area contributed by atoms with Crippen molar-refractivity contribution in [1.29, 1.82) is 0 Å². The molecule has 150 valence electrons. The predicted molar refractivity (Wildman–Crippen MR) is 102 cm³/mol. The van der Waals surface area contributed by atoms with Gasteiger partial charge in [-0.25, -0.2) is 22.3 Å². The van der Waals surface area contributed by atoms with Crippen LogP contribution in [-0.2, 0) is 10.0 Å². The van der Waals surface area contributed by atoms with E-state index in [4.69, 9.17) is 0 Å². The molecule has 0 spiro atoms. The lowest BCUT2D eigenvalue weighted by molar-refractivity contribution is 0.167. The first-order valence-electron chi connectivity index (χ1n) is 9.59. The third kappa shape index (κ3) is 5.19. The fourth-order valence-electron chi connectivity index (χ4n) is 4.25. The Morgan fingerprint density at radius 2 is 2.04 bits per heavy atom. The van der Waals surface area contributed by atoms with Crippen molar-refractivity contribution in [3.8, 4) is 0 Å². The van der Waals surface area contributed by atoms with Crippen molar-refractivity contribution < 1.29 is 17.6 Å². The SMILES string of the molecule is CNS(=O)(=O)CC1CCCN(C(=O)NC2CCC(c3ccccc3F)C2)C1. The summed E-state index contributed by atoms with van der Waals surface area (Å²) in [7, 11) is -1.87. The quantitative estimate of drug-likeness (QED) is 0.801. The van der Waals surface area contributed by atoms with Crippen LogP contribution in [0.1, 0.15) is 43.6 Å². The van der Waals surface area contributed by atoms with Gasteiger partial charge in [0.1, 0.15) is 5.82 Å². The average Bonchev–Trinajstić information content (AvgIpc) is 3.10. The van der Waals surface area contributed by atoms with Crippen LogP contribution in [-0.4, -0.2) is 51.3 Å². The Kier molecular flexibility index (Phi) is 6.37. The number of likely N-dealkylation sites (tertiary alicyclic amines) is 1. The minimum Gasteiger partial charge on any atom is -0.335 e. The predicted octanol–water partition coefficient (Wildman–Crippen LogP) is 2.43. The fraction of sp³-hybridized carbons (Fsp3) is 0.632. The molecule has 1 saturated carbocycles. The topological polar surface area (TPSA) is 78.5 Å². The number of carbonyl (C=O) groups excluding carboxylic acids is 1. The highest BCUT2D eigenvalue weighted by atomic mass is 32.2. The maximum absolute atomic E-state index is 14.0. The van der Waals surface area contributed by atoms with Gasteiger partial charge in [0.25, 0.3) is 0 Å². The number of amides is 2. The highest BCUT2D eigenvalue weighted by Crippen LogP contribution is 2.35. The van der Waals surface area contributed by atoms with Crippen LogP contribution in [0.4, 0.5) is 9.18 Å². The molecule has 0 aromatic heterocycles. The van der Waals surface area contributed by atoms with Gasteiger partial charge in [0, 0.05) is 19.1 Å². The van der Waals surface area contributed by atoms with Gasteiger partial charge in [-0.15, -0.1) is 0 Å². The van der Waals surface area contributed by atoms with E-state index in [1.165, 1.54) is 13.1 Å². The largest absolute Gasteiger partial charge is 0.335 e. The summed E-state index contributed by atoms with van der Waals surface area (Å²) in [6.07, 6.45) is 4.03. The van der Waals surface area contributed by atoms with Crippen LogP contribution < -0.4 is 10.0 Å². The van der Waals surface area contributed by atoms with Crippen molar-refractivity contribution in [3.63, 3.8) is 0 Å². The maximum atomic E-state index is 14.0. The van der Waals surface area contributed by atoms with Gasteiger partial charge in [0.2, 0.25) is 10.0 Å². The monoisotopic (exact) mass is 397 g/mol. The highest BCUT2D eigenvalue weighted by molar-refractivity contribution is 7.89. The van der Waals surface area contributed by atoms with Gasteiger partial charge in [-0.3, -0.25) is 0 Å². The summed E-state index contributed by atoms with van der Waals surface area (Å²) < 4.78 is 39.8. The van der Waals surface area contributed by atoms with Crippen molar-refractivity contribution >= 4 is 16.1 Å². The number of carbonyl (C=O) groups is 1. The second kappa shape index (κ2) is 8.56. The third-order valence-electron chi connectivity index (χ3n) is 5.68. The Morgan fingerprint density at radius 1 is 1.26 bits per heavy atom. The van der Waals surface area contributed by atoms with Gasteiger partial charge in [-0.05, 0) is 62.6 Å². The van der Waals surface area contributed by atoms with Gasteiger partial charge in [0.15, 0.2) is 0 Å². The zero-order valence-electron chi connectivity index (χ0n) is 15.7. The first kappa shape index (κ1) is 20.1. The molecule has 1 aliphatic heterocycles. The van der Waals surface area contributed by atoms with Gasteiger partial charge in [-0.2, -0.15) is 0 Å². The number of hydrogen-bond donors (Lipinski definition) is 2. The molecule has 1 aliphatic carbocycles. The van der Waals surface area contributed by atoms with E-state index in [-0.39, 0.29) is 35.5 Å². The summed E-state index contributed by atoms with van der Waals surface area (Å²) in [5.41, 5.74) is 0.726. The fourth-order valence-corrected chi connectivity index (χ4v) is 5.31. The molecule has 1 heterocycles. The van der Waals surface area contributed by atoms with E-state index in [9.17, 15) is 17.6 Å². The normalized spacial score (nSPS) is 26.1. The Labute approximate surface area is 160 Å². The molecule has 27 heavy (non-hydrogen) atoms. The number of sulfonamides is 1. The Balaban J connectivity index is 1.52. The Hall–Kier alpha value is -1.67. The first-order chi connectivity index (χ1) is 12.9. The lowest BCUT2D eigenvalue weighted by Gasteiger charge is -2.33. The van der Waals surface area contributed by atoms with Crippen molar-refractivity contribution in [3.05, 3.63) is 35.6 Å². The number of benzene rings is 1. The number of urea groups is 1. The molecule has 8 heteroatoms. The summed E-state index contributed by atoms with van der Waals surface area (Å²) in [5.74, 6) is -0.0475. The average molecular weight is 398 g/mol. The molecule has 0 bridgehead atoms. The summed E-state index contributed by atoms with van der Waals surface area (Å²) in [6.45, 7) is 1.10. The van der Waals surface area contributed by atoms with Crippen LogP contribution >= 0.6 is 0 Å². The Bertz CT molecular complexity index is 771. The summed E-state index contributed by atoms with van der Waals surface area (Å²) >= 11 is 0. The molecule has 6 nitrogen and oxygen atoms in total. The van der Waals surface area contributed by atoms with E-state index in [2.05, 4.69) is 10.0 Å². The van der Waals surface area contributed by atoms with Crippen LogP contribution in [0.2, 0.25) is 0 Å². The maximum Gasteiger partial charge on any atom is 0.317 e. The third-order valence-corrected chi connectivity index (χ3v) is 7.21. The van der Waals surface area contributed by atoms with Crippen LogP contribution in [0.3, 0.4) is 0 Å². The van der Waals surface area contributed by atoms with Crippen molar-refractivity contribution in [1.82, 2.24) is 14.9 Å². The van der Waals surface area contributed by atoms with Gasteiger partial charge >= 0.3 is 6.03 Å². The lowest BCUT2D eigenvalue weighted by atomic mass is 9.97. The molecule has 2 N–H and O–H groups in total. The van der Waals surface area contributed by atoms with Crippen LogP contribution in [0, 0.1) is 11.7 Å². The molecular weight excluding hydrogens is 369 g/mol. The minimum atomic E-state index is -3.28. The van der Waals surface area contributed by atoms with Gasteiger partial charge < -0.3 is 10.2 Å². The molecule has 1 saturated heterocycles. The molecule has 2 aliphatic rings. The van der Waals surface area contributed by atoms with E-state index in [0.29, 0.717) is 13.1 Å². The van der Waals surface area contributed by atoms with Gasteiger partial charge in [-0.1, -0.05) is 18.2 Å². The van der Waals surface area contributed by atoms with E-state index in [0.717, 1.165) is 37.7 Å². The molecule has 3 unspecified atom stereocenters. The molecule has 3 rings (SSSR count). The van der Waals surface area contributed by atoms with Crippen LogP contribution in [0.25, 0.3) is 0 Å². The number of halogens is 1.